The number of hydrogen-bond acceptors (Lipinski definition) is 3. The van der Waals surface area contributed by atoms with Crippen molar-refractivity contribution in [3.8, 4) is 0 Å². The summed E-state index contributed by atoms with van der Waals surface area (Å²) in [5.41, 5.74) is 1.80. The fourth-order valence-corrected chi connectivity index (χ4v) is 2.68. The van der Waals surface area contributed by atoms with E-state index in [0.29, 0.717) is 22.3 Å². The van der Waals surface area contributed by atoms with E-state index in [4.69, 9.17) is 23.2 Å². The summed E-state index contributed by atoms with van der Waals surface area (Å²) in [4.78, 5) is 29.7. The van der Waals surface area contributed by atoms with Crippen molar-refractivity contribution >= 4 is 40.8 Å². The first-order valence-corrected chi connectivity index (χ1v) is 8.52. The Bertz CT molecular complexity index is 781. The van der Waals surface area contributed by atoms with Crippen LogP contribution in [-0.2, 0) is 16.0 Å². The molecule has 7 heteroatoms. The summed E-state index contributed by atoms with van der Waals surface area (Å²) < 4.78 is 0. The van der Waals surface area contributed by atoms with Crippen LogP contribution in [0.3, 0.4) is 0 Å². The minimum Gasteiger partial charge on any atom is -0.336 e. The molecule has 132 valence electrons. The second-order valence-electron chi connectivity index (χ2n) is 5.73. The number of amides is 2. The maximum atomic E-state index is 12.2. The number of halogens is 2. The zero-order valence-corrected chi connectivity index (χ0v) is 15.6. The van der Waals surface area contributed by atoms with Crippen LogP contribution in [0.4, 0.5) is 5.82 Å². The molecule has 2 aromatic rings. The van der Waals surface area contributed by atoms with Crippen LogP contribution in [-0.4, -0.2) is 35.3 Å². The molecule has 1 heterocycles. The molecule has 1 N–H and O–H groups in total. The summed E-state index contributed by atoms with van der Waals surface area (Å²) in [5.74, 6) is 0.0229. The quantitative estimate of drug-likeness (QED) is 0.831. The first kappa shape index (κ1) is 19.2. The number of hydrogen-bond donors (Lipinski definition) is 1. The molecule has 0 unspecified atom stereocenters. The highest BCUT2D eigenvalue weighted by Gasteiger charge is 2.14. The molecule has 0 saturated carbocycles. The van der Waals surface area contributed by atoms with Gasteiger partial charge in [0.1, 0.15) is 5.82 Å². The lowest BCUT2D eigenvalue weighted by Gasteiger charge is -2.17. The van der Waals surface area contributed by atoms with E-state index in [0.717, 1.165) is 11.1 Å². The number of anilines is 1. The molecule has 25 heavy (non-hydrogen) atoms. The average Bonchev–Trinajstić information content (AvgIpc) is 2.55. The Labute approximate surface area is 157 Å². The van der Waals surface area contributed by atoms with E-state index in [9.17, 15) is 9.59 Å². The predicted octanol–water partition coefficient (Wildman–Crippen LogP) is 3.73. The molecule has 0 aliphatic rings. The summed E-state index contributed by atoms with van der Waals surface area (Å²) in [6, 6.07) is 8.93. The highest BCUT2D eigenvalue weighted by atomic mass is 35.5. The number of benzene rings is 1. The standard InChI is InChI=1S/C18H19Cl2N3O2/c1-12-8-9-21-15(10-12)22-16(24)11-23(2)17(25)7-6-13-4-3-5-14(19)18(13)20/h3-5,8-10H,6-7,11H2,1-2H3,(H,21,22,24). The Hall–Kier alpha value is -2.11. The summed E-state index contributed by atoms with van der Waals surface area (Å²) in [5, 5.41) is 3.60. The maximum absolute atomic E-state index is 12.2. The molecule has 1 aromatic heterocycles. The Morgan fingerprint density at radius 1 is 1.24 bits per heavy atom. The van der Waals surface area contributed by atoms with E-state index < -0.39 is 0 Å². The van der Waals surface area contributed by atoms with Crippen LogP contribution < -0.4 is 5.32 Å². The van der Waals surface area contributed by atoms with Crippen molar-refractivity contribution in [3.63, 3.8) is 0 Å². The van der Waals surface area contributed by atoms with Gasteiger partial charge in [0.05, 0.1) is 16.6 Å². The third kappa shape index (κ3) is 5.73. The van der Waals surface area contributed by atoms with Gasteiger partial charge in [-0.05, 0) is 42.7 Å². The van der Waals surface area contributed by atoms with Gasteiger partial charge in [0.15, 0.2) is 0 Å². The van der Waals surface area contributed by atoms with Crippen molar-refractivity contribution in [3.05, 3.63) is 57.7 Å². The number of pyridine rings is 1. The molecule has 0 fully saturated rings. The Kier molecular flexibility index (Phi) is 6.79. The number of nitrogens with one attached hydrogen (secondary N) is 1. The molecule has 2 amide bonds. The van der Waals surface area contributed by atoms with Gasteiger partial charge >= 0.3 is 0 Å². The van der Waals surface area contributed by atoms with E-state index >= 15 is 0 Å². The minimum atomic E-state index is -0.297. The zero-order valence-electron chi connectivity index (χ0n) is 14.1. The van der Waals surface area contributed by atoms with Crippen LogP contribution in [0.1, 0.15) is 17.5 Å². The van der Waals surface area contributed by atoms with E-state index in [1.54, 1.807) is 31.4 Å². The molecule has 0 saturated heterocycles. The van der Waals surface area contributed by atoms with Crippen LogP contribution in [0.2, 0.25) is 10.0 Å². The van der Waals surface area contributed by atoms with Gasteiger partial charge in [-0.15, -0.1) is 0 Å². The van der Waals surface area contributed by atoms with Crippen molar-refractivity contribution < 1.29 is 9.59 Å². The monoisotopic (exact) mass is 379 g/mol. The number of carbonyl (C=O) groups excluding carboxylic acids is 2. The van der Waals surface area contributed by atoms with Crippen LogP contribution in [0.5, 0.6) is 0 Å². The second kappa shape index (κ2) is 8.83. The van der Waals surface area contributed by atoms with E-state index in [2.05, 4.69) is 10.3 Å². The van der Waals surface area contributed by atoms with Crippen LogP contribution in [0, 0.1) is 6.92 Å². The Morgan fingerprint density at radius 2 is 2.00 bits per heavy atom. The van der Waals surface area contributed by atoms with Crippen LogP contribution in [0.25, 0.3) is 0 Å². The maximum Gasteiger partial charge on any atom is 0.245 e. The number of carbonyl (C=O) groups is 2. The summed E-state index contributed by atoms with van der Waals surface area (Å²) in [6.07, 6.45) is 2.32. The average molecular weight is 380 g/mol. The number of nitrogens with zero attached hydrogens (tertiary/aromatic N) is 2. The number of likely N-dealkylation sites (N-methyl/N-ethyl adjacent to an activating group) is 1. The number of aryl methyl sites for hydroxylation is 2. The minimum absolute atomic E-state index is 0.0439. The number of rotatable bonds is 6. The molecule has 0 spiro atoms. The largest absolute Gasteiger partial charge is 0.336 e. The van der Waals surface area contributed by atoms with Gasteiger partial charge in [-0.2, -0.15) is 0 Å². The van der Waals surface area contributed by atoms with E-state index in [1.807, 2.05) is 19.1 Å². The predicted molar refractivity (Wildman–Crippen MR) is 100 cm³/mol. The van der Waals surface area contributed by atoms with Crippen molar-refractivity contribution in [2.45, 2.75) is 19.8 Å². The molecule has 0 atom stereocenters. The van der Waals surface area contributed by atoms with Gasteiger partial charge in [-0.25, -0.2) is 4.98 Å². The van der Waals surface area contributed by atoms with Gasteiger partial charge in [-0.3, -0.25) is 9.59 Å². The SMILES string of the molecule is Cc1ccnc(NC(=O)CN(C)C(=O)CCc2cccc(Cl)c2Cl)c1. The normalized spacial score (nSPS) is 10.4. The molecular formula is C18H19Cl2N3O2. The zero-order chi connectivity index (χ0) is 18.4. The van der Waals surface area contributed by atoms with Crippen LogP contribution in [0.15, 0.2) is 36.5 Å². The lowest BCUT2D eigenvalue weighted by atomic mass is 10.1. The smallest absolute Gasteiger partial charge is 0.245 e. The summed E-state index contributed by atoms with van der Waals surface area (Å²) in [6.45, 7) is 1.87. The molecule has 2 rings (SSSR count). The molecule has 0 radical (unpaired) electrons. The van der Waals surface area contributed by atoms with Crippen molar-refractivity contribution in [2.24, 2.45) is 0 Å². The molecule has 0 bridgehead atoms. The fourth-order valence-electron chi connectivity index (χ4n) is 2.26. The summed E-state index contributed by atoms with van der Waals surface area (Å²) >= 11 is 12.1. The van der Waals surface area contributed by atoms with Crippen molar-refractivity contribution in [1.29, 1.82) is 0 Å². The van der Waals surface area contributed by atoms with E-state index in [-0.39, 0.29) is 24.8 Å². The lowest BCUT2D eigenvalue weighted by Crippen LogP contribution is -2.35. The third-order valence-electron chi connectivity index (χ3n) is 3.63. The first-order chi connectivity index (χ1) is 11.9. The van der Waals surface area contributed by atoms with Crippen molar-refractivity contribution in [2.75, 3.05) is 18.9 Å². The van der Waals surface area contributed by atoms with Gasteiger partial charge in [-0.1, -0.05) is 35.3 Å². The molecular weight excluding hydrogens is 361 g/mol. The number of aromatic nitrogens is 1. The topological polar surface area (TPSA) is 62.3 Å². The van der Waals surface area contributed by atoms with E-state index in [1.165, 1.54) is 4.90 Å². The highest BCUT2D eigenvalue weighted by Crippen LogP contribution is 2.26. The first-order valence-electron chi connectivity index (χ1n) is 7.76. The molecule has 0 aliphatic carbocycles. The molecule has 1 aromatic carbocycles. The lowest BCUT2D eigenvalue weighted by molar-refractivity contribution is -0.133. The second-order valence-corrected chi connectivity index (χ2v) is 6.51. The van der Waals surface area contributed by atoms with Gasteiger partial charge in [0, 0.05) is 19.7 Å². The summed E-state index contributed by atoms with van der Waals surface area (Å²) in [7, 11) is 1.59. The van der Waals surface area contributed by atoms with Gasteiger partial charge in [0.25, 0.3) is 0 Å². The van der Waals surface area contributed by atoms with Crippen molar-refractivity contribution in [1.82, 2.24) is 9.88 Å². The highest BCUT2D eigenvalue weighted by molar-refractivity contribution is 6.42. The molecule has 0 aliphatic heterocycles. The third-order valence-corrected chi connectivity index (χ3v) is 4.49. The Balaban J connectivity index is 1.85. The van der Waals surface area contributed by atoms with Crippen LogP contribution >= 0.6 is 23.2 Å². The van der Waals surface area contributed by atoms with Gasteiger partial charge in [0.2, 0.25) is 11.8 Å². The van der Waals surface area contributed by atoms with Gasteiger partial charge < -0.3 is 10.2 Å². The Morgan fingerprint density at radius 3 is 2.72 bits per heavy atom. The molecule has 5 nitrogen and oxygen atoms in total. The fraction of sp³-hybridized carbons (Fsp3) is 0.278.